The lowest BCUT2D eigenvalue weighted by atomic mass is 9.97. The maximum absolute atomic E-state index is 11.7. The summed E-state index contributed by atoms with van der Waals surface area (Å²) in [6.45, 7) is 7.33. The van der Waals surface area contributed by atoms with Gasteiger partial charge in [0.1, 0.15) is 43.2 Å². The number of hydrogen-bond acceptors (Lipinski definition) is 11. The molecule has 1 fully saturated rings. The minimum atomic E-state index is -0.876. The van der Waals surface area contributed by atoms with Crippen LogP contribution in [0.1, 0.15) is 30.5 Å². The normalized spacial score (nSPS) is 25.9. The lowest BCUT2D eigenvalue weighted by molar-refractivity contribution is -0.330. The molecule has 2 aliphatic rings. The van der Waals surface area contributed by atoms with Gasteiger partial charge in [0, 0.05) is 13.8 Å². The highest BCUT2D eigenvalue weighted by Gasteiger charge is 2.49. The van der Waals surface area contributed by atoms with Gasteiger partial charge in [0.15, 0.2) is 12.6 Å². The van der Waals surface area contributed by atoms with Crippen LogP contribution in [-0.2, 0) is 72.0 Å². The third-order valence-corrected chi connectivity index (χ3v) is 8.14. The predicted octanol–water partition coefficient (Wildman–Crippen LogP) is 5.46. The summed E-state index contributed by atoms with van der Waals surface area (Å²) < 4.78 is 55.6. The Morgan fingerprint density at radius 2 is 1.18 bits per heavy atom. The molecule has 0 bridgehead atoms. The van der Waals surface area contributed by atoms with Gasteiger partial charge in [0.2, 0.25) is 0 Å². The molecule has 8 atom stereocenters. The molecule has 51 heavy (non-hydrogen) atoms. The summed E-state index contributed by atoms with van der Waals surface area (Å²) in [4.78, 5) is 23.3. The second-order valence-electron chi connectivity index (χ2n) is 12.1. The van der Waals surface area contributed by atoms with Crippen molar-refractivity contribution >= 4 is 11.9 Å². The number of esters is 2. The van der Waals surface area contributed by atoms with Crippen LogP contribution in [0.4, 0.5) is 0 Å². The van der Waals surface area contributed by atoms with E-state index in [-0.39, 0.29) is 39.6 Å². The van der Waals surface area contributed by atoms with E-state index in [1.165, 1.54) is 13.8 Å². The van der Waals surface area contributed by atoms with Crippen LogP contribution in [-0.4, -0.2) is 81.0 Å². The summed E-state index contributed by atoms with van der Waals surface area (Å²) in [5, 5.41) is 0. The number of hydrogen-bond donors (Lipinski definition) is 0. The van der Waals surface area contributed by atoms with E-state index in [0.29, 0.717) is 0 Å². The van der Waals surface area contributed by atoms with Gasteiger partial charge in [-0.15, -0.1) is 6.58 Å². The number of benzene rings is 3. The average molecular weight is 703 g/mol. The van der Waals surface area contributed by atoms with Crippen LogP contribution < -0.4 is 0 Å². The first-order valence-electron chi connectivity index (χ1n) is 17.0. The van der Waals surface area contributed by atoms with Crippen molar-refractivity contribution in [3.05, 3.63) is 132 Å². The van der Waals surface area contributed by atoms with Crippen molar-refractivity contribution in [1.82, 2.24) is 0 Å². The van der Waals surface area contributed by atoms with Gasteiger partial charge in [-0.25, -0.2) is 0 Å². The van der Waals surface area contributed by atoms with Gasteiger partial charge in [0.25, 0.3) is 0 Å². The Bertz CT molecular complexity index is 1520. The van der Waals surface area contributed by atoms with Crippen molar-refractivity contribution in [3.63, 3.8) is 0 Å². The van der Waals surface area contributed by atoms with Gasteiger partial charge in [-0.2, -0.15) is 0 Å². The summed E-state index contributed by atoms with van der Waals surface area (Å²) in [6, 6.07) is 29.5. The Balaban J connectivity index is 1.41. The maximum atomic E-state index is 11.7. The molecule has 0 saturated carbocycles. The van der Waals surface area contributed by atoms with Gasteiger partial charge in [-0.3, -0.25) is 9.59 Å². The minimum absolute atomic E-state index is 0.00245. The second-order valence-corrected chi connectivity index (χ2v) is 12.1. The molecule has 0 aliphatic carbocycles. The molecule has 272 valence electrons. The summed E-state index contributed by atoms with van der Waals surface area (Å²) in [5.41, 5.74) is 2.92. The fraction of sp³-hybridized carbons (Fsp3) is 0.400. The van der Waals surface area contributed by atoms with Crippen LogP contribution in [0, 0.1) is 0 Å². The summed E-state index contributed by atoms with van der Waals surface area (Å²) in [5.74, 6) is -0.983. The summed E-state index contributed by atoms with van der Waals surface area (Å²) >= 11 is 0. The molecule has 0 spiro atoms. The molecule has 0 amide bonds. The summed E-state index contributed by atoms with van der Waals surface area (Å²) in [7, 11) is 0. The first kappa shape index (κ1) is 38.0. The molecule has 3 aromatic carbocycles. The van der Waals surface area contributed by atoms with Crippen LogP contribution in [0.2, 0.25) is 0 Å². The molecular formula is C40H46O11. The molecule has 2 aliphatic heterocycles. The molecule has 2 heterocycles. The molecule has 0 aromatic heterocycles. The monoisotopic (exact) mass is 702 g/mol. The topological polar surface area (TPSA) is 117 Å². The lowest BCUT2D eigenvalue weighted by Gasteiger charge is -2.46. The quantitative estimate of drug-likeness (QED) is 0.124. The fourth-order valence-electron chi connectivity index (χ4n) is 5.72. The zero-order valence-corrected chi connectivity index (χ0v) is 29.0. The zero-order valence-electron chi connectivity index (χ0n) is 29.0. The smallest absolute Gasteiger partial charge is 0.303 e. The first-order chi connectivity index (χ1) is 24.9. The van der Waals surface area contributed by atoms with Crippen molar-refractivity contribution < 1.29 is 52.2 Å². The van der Waals surface area contributed by atoms with E-state index in [1.54, 1.807) is 18.2 Å². The zero-order chi connectivity index (χ0) is 35.8. The van der Waals surface area contributed by atoms with E-state index < -0.39 is 61.1 Å². The summed E-state index contributed by atoms with van der Waals surface area (Å²) in [6.07, 6.45) is -1.11. The minimum Gasteiger partial charge on any atom is -0.463 e. The van der Waals surface area contributed by atoms with Crippen LogP contribution in [0.25, 0.3) is 0 Å². The second kappa shape index (κ2) is 20.0. The van der Waals surface area contributed by atoms with E-state index in [4.69, 9.17) is 42.6 Å². The Labute approximate surface area is 299 Å². The van der Waals surface area contributed by atoms with Crippen LogP contribution in [0.3, 0.4) is 0 Å². The molecule has 0 N–H and O–H groups in total. The van der Waals surface area contributed by atoms with Crippen LogP contribution in [0.15, 0.2) is 116 Å². The van der Waals surface area contributed by atoms with E-state index in [9.17, 15) is 9.59 Å². The molecule has 1 saturated heterocycles. The van der Waals surface area contributed by atoms with E-state index in [1.807, 2.05) is 91.0 Å². The predicted molar refractivity (Wildman–Crippen MR) is 186 cm³/mol. The van der Waals surface area contributed by atoms with Crippen molar-refractivity contribution in [2.45, 2.75) is 82.9 Å². The molecule has 3 aromatic rings. The Morgan fingerprint density at radius 1 is 0.627 bits per heavy atom. The van der Waals surface area contributed by atoms with Crippen LogP contribution in [0.5, 0.6) is 0 Å². The van der Waals surface area contributed by atoms with Gasteiger partial charge in [-0.1, -0.05) is 97.1 Å². The molecule has 11 nitrogen and oxygen atoms in total. The van der Waals surface area contributed by atoms with E-state index >= 15 is 0 Å². The Morgan fingerprint density at radius 3 is 1.71 bits per heavy atom. The number of rotatable bonds is 18. The first-order valence-corrected chi connectivity index (χ1v) is 17.0. The molecule has 0 radical (unpaired) electrons. The molecular weight excluding hydrogens is 656 g/mol. The fourth-order valence-corrected chi connectivity index (χ4v) is 5.72. The van der Waals surface area contributed by atoms with Crippen molar-refractivity contribution in [3.8, 4) is 0 Å². The molecule has 0 unspecified atom stereocenters. The standard InChI is InChI=1S/C40H46O11/c1-4-22-43-40-39(48-25-32-18-12-7-13-19-32)38(47-24-31-16-10-6-11-17-31)37(46-23-30-14-8-5-9-15-30)35(51-40)27-45-36-21-20-33(49-29(3)42)34(50-36)26-44-28(2)41/h4-21,33-40H,1,22-27H2,2-3H3/t33-,34+,35+,36-,37+,38-,39+,40-/m0/s1. The molecule has 11 heteroatoms. The van der Waals surface area contributed by atoms with Crippen molar-refractivity contribution in [1.29, 1.82) is 0 Å². The highest BCUT2D eigenvalue weighted by molar-refractivity contribution is 5.66. The van der Waals surface area contributed by atoms with Gasteiger partial charge < -0.3 is 42.6 Å². The van der Waals surface area contributed by atoms with E-state index in [2.05, 4.69) is 6.58 Å². The van der Waals surface area contributed by atoms with Gasteiger partial charge >= 0.3 is 11.9 Å². The largest absolute Gasteiger partial charge is 0.463 e. The Hall–Kier alpha value is -4.20. The van der Waals surface area contributed by atoms with E-state index in [0.717, 1.165) is 16.7 Å². The highest BCUT2D eigenvalue weighted by atomic mass is 16.7. The SMILES string of the molecule is C=CCO[C@H]1O[C@H](CO[C@@H]2C=C[C@H](OC(C)=O)[C@@H](COC(C)=O)O2)[C@@H](OCc2ccccc2)[C@H](OCc2ccccc2)[C@H]1OCc1ccccc1. The van der Waals surface area contributed by atoms with Gasteiger partial charge in [-0.05, 0) is 28.8 Å². The van der Waals surface area contributed by atoms with Gasteiger partial charge in [0.05, 0.1) is 33.0 Å². The van der Waals surface area contributed by atoms with Crippen molar-refractivity contribution in [2.24, 2.45) is 0 Å². The third kappa shape index (κ3) is 11.9. The van der Waals surface area contributed by atoms with Crippen LogP contribution >= 0.6 is 0 Å². The van der Waals surface area contributed by atoms with Crippen molar-refractivity contribution in [2.75, 3.05) is 19.8 Å². The number of carbonyl (C=O) groups excluding carboxylic acids is 2. The third-order valence-electron chi connectivity index (χ3n) is 8.14. The highest BCUT2D eigenvalue weighted by Crippen LogP contribution is 2.32. The number of carbonyl (C=O) groups is 2. The number of ether oxygens (including phenoxy) is 9. The average Bonchev–Trinajstić information content (AvgIpc) is 3.15. The Kier molecular flexibility index (Phi) is 14.9. The molecule has 5 rings (SSSR count). The lowest BCUT2D eigenvalue weighted by Crippen LogP contribution is -2.62. The maximum Gasteiger partial charge on any atom is 0.303 e.